The number of hydrogen-bond donors (Lipinski definition) is 0. The van der Waals surface area contributed by atoms with Crippen molar-refractivity contribution < 1.29 is 14.3 Å². The highest BCUT2D eigenvalue weighted by Crippen LogP contribution is 2.12. The molecule has 3 nitrogen and oxygen atoms in total. The first-order valence-electron chi connectivity index (χ1n) is 7.48. The van der Waals surface area contributed by atoms with Gasteiger partial charge in [-0.3, -0.25) is 4.79 Å². The molecule has 0 N–H and O–H groups in total. The molecule has 2 rings (SSSR count). The number of hydrogen-bond acceptors (Lipinski definition) is 3. The Morgan fingerprint density at radius 2 is 1.74 bits per heavy atom. The maximum Gasteiger partial charge on any atom is 0.331 e. The van der Waals surface area contributed by atoms with Crippen LogP contribution in [0.3, 0.4) is 0 Å². The zero-order valence-electron chi connectivity index (χ0n) is 13.6. The maximum absolute atomic E-state index is 12.1. The zero-order valence-corrected chi connectivity index (χ0v) is 13.6. The van der Waals surface area contributed by atoms with Crippen molar-refractivity contribution in [1.82, 2.24) is 0 Å². The van der Waals surface area contributed by atoms with Crippen molar-refractivity contribution in [2.24, 2.45) is 0 Å². The molecule has 0 aromatic heterocycles. The van der Waals surface area contributed by atoms with E-state index in [2.05, 4.69) is 0 Å². The van der Waals surface area contributed by atoms with E-state index in [1.54, 1.807) is 12.1 Å². The number of benzene rings is 2. The summed E-state index contributed by atoms with van der Waals surface area (Å²) in [6.07, 6.45) is 3.04. The molecule has 0 aliphatic rings. The van der Waals surface area contributed by atoms with E-state index in [4.69, 9.17) is 4.74 Å². The molecule has 0 atom stereocenters. The van der Waals surface area contributed by atoms with Crippen molar-refractivity contribution in [2.75, 3.05) is 6.61 Å². The Kier molecular flexibility index (Phi) is 5.47. The summed E-state index contributed by atoms with van der Waals surface area (Å²) in [5.41, 5.74) is 4.60. The molecule has 118 valence electrons. The van der Waals surface area contributed by atoms with E-state index >= 15 is 0 Å². The molecule has 0 aliphatic carbocycles. The SMILES string of the molecule is Cc1ccc(C(=O)COC(=O)/C=C/c2ccccc2C)c(C)c1. The van der Waals surface area contributed by atoms with Gasteiger partial charge in [0.1, 0.15) is 0 Å². The largest absolute Gasteiger partial charge is 0.454 e. The number of esters is 1. The van der Waals surface area contributed by atoms with Crippen LogP contribution in [0, 0.1) is 20.8 Å². The summed E-state index contributed by atoms with van der Waals surface area (Å²) in [6, 6.07) is 13.3. The lowest BCUT2D eigenvalue weighted by molar-refractivity contribution is -0.136. The summed E-state index contributed by atoms with van der Waals surface area (Å²) < 4.78 is 5.03. The van der Waals surface area contributed by atoms with E-state index < -0.39 is 5.97 Å². The molecule has 3 heteroatoms. The van der Waals surface area contributed by atoms with Crippen molar-refractivity contribution in [3.05, 3.63) is 76.4 Å². The summed E-state index contributed by atoms with van der Waals surface area (Å²) in [6.45, 7) is 5.56. The molecule has 0 saturated carbocycles. The smallest absolute Gasteiger partial charge is 0.331 e. The van der Waals surface area contributed by atoms with Crippen LogP contribution in [0.4, 0.5) is 0 Å². The molecule has 0 aliphatic heterocycles. The molecular weight excluding hydrogens is 288 g/mol. The second kappa shape index (κ2) is 7.54. The topological polar surface area (TPSA) is 43.4 Å². The molecule has 23 heavy (non-hydrogen) atoms. The molecule has 0 saturated heterocycles. The number of carbonyl (C=O) groups excluding carboxylic acids is 2. The van der Waals surface area contributed by atoms with Crippen molar-refractivity contribution in [1.29, 1.82) is 0 Å². The molecule has 0 radical (unpaired) electrons. The quantitative estimate of drug-likeness (QED) is 0.475. The van der Waals surface area contributed by atoms with Crippen LogP contribution in [0.1, 0.15) is 32.6 Å². The van der Waals surface area contributed by atoms with E-state index in [9.17, 15) is 9.59 Å². The Morgan fingerprint density at radius 3 is 2.43 bits per heavy atom. The third-order valence-electron chi connectivity index (χ3n) is 3.62. The Morgan fingerprint density at radius 1 is 1.00 bits per heavy atom. The molecule has 0 fully saturated rings. The summed E-state index contributed by atoms with van der Waals surface area (Å²) in [4.78, 5) is 23.8. The minimum Gasteiger partial charge on any atom is -0.454 e. The lowest BCUT2D eigenvalue weighted by Crippen LogP contribution is -2.13. The molecule has 0 spiro atoms. The van der Waals surface area contributed by atoms with E-state index in [-0.39, 0.29) is 12.4 Å². The minimum absolute atomic E-state index is 0.194. The summed E-state index contributed by atoms with van der Waals surface area (Å²) in [5, 5.41) is 0. The Bertz CT molecular complexity index is 757. The van der Waals surface area contributed by atoms with E-state index in [0.29, 0.717) is 5.56 Å². The first-order valence-corrected chi connectivity index (χ1v) is 7.48. The van der Waals surface area contributed by atoms with Crippen LogP contribution in [0.5, 0.6) is 0 Å². The summed E-state index contributed by atoms with van der Waals surface area (Å²) >= 11 is 0. The third-order valence-corrected chi connectivity index (χ3v) is 3.62. The first-order chi connectivity index (χ1) is 11.0. The number of rotatable bonds is 5. The van der Waals surface area contributed by atoms with Crippen molar-refractivity contribution in [2.45, 2.75) is 20.8 Å². The van der Waals surface area contributed by atoms with Gasteiger partial charge in [0.25, 0.3) is 0 Å². The summed E-state index contributed by atoms with van der Waals surface area (Å²) in [7, 11) is 0. The van der Waals surface area contributed by atoms with Crippen LogP contribution < -0.4 is 0 Å². The first kappa shape index (κ1) is 16.7. The molecule has 2 aromatic carbocycles. The van der Waals surface area contributed by atoms with Crippen LogP contribution in [0.15, 0.2) is 48.5 Å². The average Bonchev–Trinajstić information content (AvgIpc) is 2.52. The van der Waals surface area contributed by atoms with E-state index in [1.165, 1.54) is 6.08 Å². The Labute approximate surface area is 136 Å². The lowest BCUT2D eigenvalue weighted by atomic mass is 10.0. The van der Waals surface area contributed by atoms with Gasteiger partial charge in [-0.25, -0.2) is 4.79 Å². The number of ketones is 1. The van der Waals surface area contributed by atoms with Crippen LogP contribution in [0.2, 0.25) is 0 Å². The molecule has 2 aromatic rings. The van der Waals surface area contributed by atoms with Gasteiger partial charge in [-0.15, -0.1) is 0 Å². The lowest BCUT2D eigenvalue weighted by Gasteiger charge is -2.06. The normalized spacial score (nSPS) is 10.7. The predicted octanol–water partition coefficient (Wildman–Crippen LogP) is 4.05. The highest BCUT2D eigenvalue weighted by molar-refractivity contribution is 6.00. The van der Waals surface area contributed by atoms with Crippen molar-refractivity contribution in [3.63, 3.8) is 0 Å². The van der Waals surface area contributed by atoms with Crippen molar-refractivity contribution in [3.8, 4) is 0 Å². The van der Waals surface area contributed by atoms with Gasteiger partial charge >= 0.3 is 5.97 Å². The van der Waals surface area contributed by atoms with Gasteiger partial charge in [0, 0.05) is 11.6 Å². The number of aryl methyl sites for hydroxylation is 3. The average molecular weight is 308 g/mol. The highest BCUT2D eigenvalue weighted by atomic mass is 16.5. The van der Waals surface area contributed by atoms with E-state index in [0.717, 1.165) is 22.3 Å². The van der Waals surface area contributed by atoms with Crippen LogP contribution >= 0.6 is 0 Å². The van der Waals surface area contributed by atoms with Gasteiger partial charge in [-0.05, 0) is 43.5 Å². The predicted molar refractivity (Wildman–Crippen MR) is 91.4 cm³/mol. The Hall–Kier alpha value is -2.68. The maximum atomic E-state index is 12.1. The Balaban J connectivity index is 1.94. The molecule has 0 amide bonds. The van der Waals surface area contributed by atoms with Gasteiger partial charge in [-0.2, -0.15) is 0 Å². The third kappa shape index (κ3) is 4.65. The van der Waals surface area contributed by atoms with Gasteiger partial charge in [-0.1, -0.05) is 48.0 Å². The second-order valence-corrected chi connectivity index (χ2v) is 5.54. The van der Waals surface area contributed by atoms with Gasteiger partial charge in [0.05, 0.1) is 0 Å². The highest BCUT2D eigenvalue weighted by Gasteiger charge is 2.11. The van der Waals surface area contributed by atoms with Gasteiger partial charge < -0.3 is 4.74 Å². The van der Waals surface area contributed by atoms with Gasteiger partial charge in [0.15, 0.2) is 6.61 Å². The van der Waals surface area contributed by atoms with Gasteiger partial charge in [0.2, 0.25) is 5.78 Å². The number of Topliss-reactive ketones (excluding diaryl/α,β-unsaturated/α-hetero) is 1. The number of carbonyl (C=O) groups is 2. The molecule has 0 unspecified atom stereocenters. The van der Waals surface area contributed by atoms with E-state index in [1.807, 2.05) is 57.2 Å². The van der Waals surface area contributed by atoms with Crippen molar-refractivity contribution >= 4 is 17.8 Å². The molecular formula is C20H20O3. The van der Waals surface area contributed by atoms with Crippen LogP contribution in [-0.2, 0) is 9.53 Å². The fourth-order valence-electron chi connectivity index (χ4n) is 2.32. The monoisotopic (exact) mass is 308 g/mol. The fraction of sp³-hybridized carbons (Fsp3) is 0.200. The zero-order chi connectivity index (χ0) is 16.8. The standard InChI is InChI=1S/C20H20O3/c1-14-8-10-18(16(3)12-14)19(21)13-23-20(22)11-9-17-7-5-4-6-15(17)2/h4-12H,13H2,1-3H3/b11-9+. The molecule has 0 bridgehead atoms. The summed E-state index contributed by atoms with van der Waals surface area (Å²) in [5.74, 6) is -0.716. The fourth-order valence-corrected chi connectivity index (χ4v) is 2.32. The minimum atomic E-state index is -0.522. The number of ether oxygens (including phenoxy) is 1. The molecule has 0 heterocycles. The van der Waals surface area contributed by atoms with Crippen LogP contribution in [0.25, 0.3) is 6.08 Å². The van der Waals surface area contributed by atoms with Crippen LogP contribution in [-0.4, -0.2) is 18.4 Å². The second-order valence-electron chi connectivity index (χ2n) is 5.54.